The first-order valence-corrected chi connectivity index (χ1v) is 6.34. The molecule has 0 radical (unpaired) electrons. The third-order valence-corrected chi connectivity index (χ3v) is 3.13. The van der Waals surface area contributed by atoms with Crippen molar-refractivity contribution in [3.05, 3.63) is 30.1 Å². The van der Waals surface area contributed by atoms with E-state index in [9.17, 15) is 4.79 Å². The lowest BCUT2D eigenvalue weighted by atomic mass is 10.2. The third-order valence-electron chi connectivity index (χ3n) is 3.13. The molecule has 1 amide bonds. The zero-order chi connectivity index (χ0) is 12.8. The second-order valence-electron chi connectivity index (χ2n) is 4.67. The number of carbonyl (C=O) groups excluding carboxylic acids is 1. The Labute approximate surface area is 108 Å². The SMILES string of the molecule is CN1CCNC(C(=O)NCCc2cccnc2)C1. The largest absolute Gasteiger partial charge is 0.354 e. The van der Waals surface area contributed by atoms with E-state index in [-0.39, 0.29) is 11.9 Å². The molecule has 0 aliphatic carbocycles. The lowest BCUT2D eigenvalue weighted by Gasteiger charge is -2.29. The Morgan fingerprint density at radius 3 is 3.28 bits per heavy atom. The molecule has 1 aliphatic rings. The lowest BCUT2D eigenvalue weighted by Crippen LogP contribution is -2.56. The number of amides is 1. The number of nitrogens with one attached hydrogen (secondary N) is 2. The van der Waals surface area contributed by atoms with Gasteiger partial charge in [0.15, 0.2) is 0 Å². The Bertz CT molecular complexity index is 382. The standard InChI is InChI=1S/C13H20N4O/c1-17-8-7-15-12(10-17)13(18)16-6-4-11-3-2-5-14-9-11/h2-3,5,9,12,15H,4,6-8,10H2,1H3,(H,16,18). The monoisotopic (exact) mass is 248 g/mol. The highest BCUT2D eigenvalue weighted by Crippen LogP contribution is 1.98. The number of hydrogen-bond donors (Lipinski definition) is 2. The third kappa shape index (κ3) is 3.78. The molecule has 1 atom stereocenters. The maximum atomic E-state index is 11.9. The average Bonchev–Trinajstić information content (AvgIpc) is 2.40. The van der Waals surface area contributed by atoms with Crippen LogP contribution >= 0.6 is 0 Å². The van der Waals surface area contributed by atoms with Crippen LogP contribution in [-0.4, -0.2) is 55.1 Å². The second kappa shape index (κ2) is 6.47. The summed E-state index contributed by atoms with van der Waals surface area (Å²) >= 11 is 0. The Morgan fingerprint density at radius 2 is 2.56 bits per heavy atom. The summed E-state index contributed by atoms with van der Waals surface area (Å²) in [6, 6.07) is 3.85. The summed E-state index contributed by atoms with van der Waals surface area (Å²) in [5.41, 5.74) is 1.14. The van der Waals surface area contributed by atoms with Crippen molar-refractivity contribution in [2.75, 3.05) is 33.2 Å². The van der Waals surface area contributed by atoms with Crippen molar-refractivity contribution in [2.45, 2.75) is 12.5 Å². The van der Waals surface area contributed by atoms with Gasteiger partial charge < -0.3 is 15.5 Å². The minimum atomic E-state index is -0.0855. The van der Waals surface area contributed by atoms with Crippen LogP contribution in [0, 0.1) is 0 Å². The quantitative estimate of drug-likeness (QED) is 0.764. The van der Waals surface area contributed by atoms with Crippen LogP contribution in [0.15, 0.2) is 24.5 Å². The number of rotatable bonds is 4. The molecule has 1 aromatic rings. The van der Waals surface area contributed by atoms with Gasteiger partial charge in [-0.25, -0.2) is 0 Å². The van der Waals surface area contributed by atoms with Gasteiger partial charge in [0.2, 0.25) is 5.91 Å². The van der Waals surface area contributed by atoms with Crippen LogP contribution in [-0.2, 0) is 11.2 Å². The molecule has 2 N–H and O–H groups in total. The molecule has 18 heavy (non-hydrogen) atoms. The van der Waals surface area contributed by atoms with Gasteiger partial charge in [-0.2, -0.15) is 0 Å². The van der Waals surface area contributed by atoms with Crippen LogP contribution in [0.5, 0.6) is 0 Å². The van der Waals surface area contributed by atoms with Crippen LogP contribution in [0.3, 0.4) is 0 Å². The normalized spacial score (nSPS) is 20.6. The highest BCUT2D eigenvalue weighted by Gasteiger charge is 2.22. The van der Waals surface area contributed by atoms with E-state index in [4.69, 9.17) is 0 Å². The number of pyridine rings is 1. The molecule has 98 valence electrons. The molecule has 1 fully saturated rings. The first-order valence-electron chi connectivity index (χ1n) is 6.34. The van der Waals surface area contributed by atoms with Gasteiger partial charge in [-0.05, 0) is 25.1 Å². The van der Waals surface area contributed by atoms with E-state index in [0.717, 1.165) is 31.6 Å². The fourth-order valence-corrected chi connectivity index (χ4v) is 2.07. The van der Waals surface area contributed by atoms with Gasteiger partial charge in [0.1, 0.15) is 0 Å². The van der Waals surface area contributed by atoms with Gasteiger partial charge in [-0.15, -0.1) is 0 Å². The zero-order valence-electron chi connectivity index (χ0n) is 10.7. The molecular weight excluding hydrogens is 228 g/mol. The highest BCUT2D eigenvalue weighted by molar-refractivity contribution is 5.82. The predicted octanol–water partition coefficient (Wildman–Crippen LogP) is -0.356. The molecular formula is C13H20N4O. The van der Waals surface area contributed by atoms with Gasteiger partial charge >= 0.3 is 0 Å². The average molecular weight is 248 g/mol. The Balaban J connectivity index is 1.71. The molecule has 0 aromatic carbocycles. The molecule has 1 aliphatic heterocycles. The second-order valence-corrected chi connectivity index (χ2v) is 4.67. The topological polar surface area (TPSA) is 57.3 Å². The molecule has 1 saturated heterocycles. The van der Waals surface area contributed by atoms with Crippen molar-refractivity contribution in [2.24, 2.45) is 0 Å². The smallest absolute Gasteiger partial charge is 0.238 e. The first-order chi connectivity index (χ1) is 8.75. The number of piperazine rings is 1. The van der Waals surface area contributed by atoms with Gasteiger partial charge in [0.25, 0.3) is 0 Å². The Morgan fingerprint density at radius 1 is 1.67 bits per heavy atom. The van der Waals surface area contributed by atoms with Crippen molar-refractivity contribution < 1.29 is 4.79 Å². The van der Waals surface area contributed by atoms with Crippen LogP contribution < -0.4 is 10.6 Å². The predicted molar refractivity (Wildman–Crippen MR) is 70.2 cm³/mol. The number of aromatic nitrogens is 1. The Hall–Kier alpha value is -1.46. The molecule has 0 spiro atoms. The molecule has 0 saturated carbocycles. The van der Waals surface area contributed by atoms with E-state index in [0.29, 0.717) is 6.54 Å². The van der Waals surface area contributed by atoms with E-state index in [2.05, 4.69) is 20.5 Å². The number of likely N-dealkylation sites (N-methyl/N-ethyl adjacent to an activating group) is 1. The van der Waals surface area contributed by atoms with Gasteiger partial charge in [0, 0.05) is 38.6 Å². The van der Waals surface area contributed by atoms with Gasteiger partial charge in [-0.3, -0.25) is 9.78 Å². The number of nitrogens with zero attached hydrogens (tertiary/aromatic N) is 2. The van der Waals surface area contributed by atoms with E-state index < -0.39 is 0 Å². The van der Waals surface area contributed by atoms with Gasteiger partial charge in [-0.1, -0.05) is 6.07 Å². The summed E-state index contributed by atoms with van der Waals surface area (Å²) in [6.45, 7) is 3.31. The highest BCUT2D eigenvalue weighted by atomic mass is 16.2. The summed E-state index contributed by atoms with van der Waals surface area (Å²) in [4.78, 5) is 18.1. The minimum Gasteiger partial charge on any atom is -0.354 e. The number of carbonyl (C=O) groups is 1. The Kier molecular flexibility index (Phi) is 4.66. The van der Waals surface area contributed by atoms with E-state index >= 15 is 0 Å². The minimum absolute atomic E-state index is 0.0855. The van der Waals surface area contributed by atoms with Crippen LogP contribution in [0.4, 0.5) is 0 Å². The van der Waals surface area contributed by atoms with E-state index in [1.807, 2.05) is 25.4 Å². The molecule has 2 heterocycles. The summed E-state index contributed by atoms with van der Waals surface area (Å²) in [5.74, 6) is 0.0884. The molecule has 5 nitrogen and oxygen atoms in total. The van der Waals surface area contributed by atoms with Crippen molar-refractivity contribution in [3.63, 3.8) is 0 Å². The lowest BCUT2D eigenvalue weighted by molar-refractivity contribution is -0.124. The van der Waals surface area contributed by atoms with Crippen LogP contribution in [0.25, 0.3) is 0 Å². The molecule has 2 rings (SSSR count). The fourth-order valence-electron chi connectivity index (χ4n) is 2.07. The van der Waals surface area contributed by atoms with E-state index in [1.165, 1.54) is 0 Å². The van der Waals surface area contributed by atoms with E-state index in [1.54, 1.807) is 6.20 Å². The maximum Gasteiger partial charge on any atom is 0.238 e. The first kappa shape index (κ1) is 13.0. The van der Waals surface area contributed by atoms with Crippen molar-refractivity contribution in [1.82, 2.24) is 20.5 Å². The van der Waals surface area contributed by atoms with Crippen LogP contribution in [0.2, 0.25) is 0 Å². The summed E-state index contributed by atoms with van der Waals surface area (Å²) in [6.07, 6.45) is 4.41. The fraction of sp³-hybridized carbons (Fsp3) is 0.538. The molecule has 1 aromatic heterocycles. The summed E-state index contributed by atoms with van der Waals surface area (Å²) in [7, 11) is 2.04. The molecule has 1 unspecified atom stereocenters. The van der Waals surface area contributed by atoms with Crippen LogP contribution in [0.1, 0.15) is 5.56 Å². The maximum absolute atomic E-state index is 11.9. The summed E-state index contributed by atoms with van der Waals surface area (Å²) in [5, 5.41) is 6.20. The summed E-state index contributed by atoms with van der Waals surface area (Å²) < 4.78 is 0. The van der Waals surface area contributed by atoms with Crippen molar-refractivity contribution in [3.8, 4) is 0 Å². The van der Waals surface area contributed by atoms with Gasteiger partial charge in [0.05, 0.1) is 6.04 Å². The van der Waals surface area contributed by atoms with Crippen molar-refractivity contribution >= 4 is 5.91 Å². The zero-order valence-corrected chi connectivity index (χ0v) is 10.7. The number of hydrogen-bond acceptors (Lipinski definition) is 4. The van der Waals surface area contributed by atoms with Crippen molar-refractivity contribution in [1.29, 1.82) is 0 Å². The molecule has 0 bridgehead atoms. The molecule has 5 heteroatoms.